The van der Waals surface area contributed by atoms with E-state index in [0.29, 0.717) is 11.5 Å². The Morgan fingerprint density at radius 1 is 0.659 bits per heavy atom. The summed E-state index contributed by atoms with van der Waals surface area (Å²) in [5.41, 5.74) is 7.78. The van der Waals surface area contributed by atoms with Gasteiger partial charge >= 0.3 is 0 Å². The van der Waals surface area contributed by atoms with E-state index in [1.54, 1.807) is 6.20 Å². The molecule has 6 heteroatoms. The van der Waals surface area contributed by atoms with Crippen molar-refractivity contribution in [3.8, 4) is 22.6 Å². The van der Waals surface area contributed by atoms with Crippen molar-refractivity contribution in [1.82, 2.24) is 19.7 Å². The smallest absolute Gasteiger partial charge is 0.155 e. The Morgan fingerprint density at radius 2 is 1.25 bits per heavy atom. The zero-order valence-electron chi connectivity index (χ0n) is 25.2. The molecule has 0 bridgehead atoms. The molecule has 6 nitrogen and oxygen atoms in total. The van der Waals surface area contributed by atoms with E-state index < -0.39 is 5.54 Å². The fourth-order valence-corrected chi connectivity index (χ4v) is 6.42. The molecule has 3 aromatic heterocycles. The van der Waals surface area contributed by atoms with Gasteiger partial charge in [-0.15, -0.1) is 0 Å². The standard InChI is InChI=1S/C38H32N4O2/c1-25-34(21-14-22-39-25)43-35-24-29(36-26(2)41-44-27(36)3)23-33-37(35)40-28(4)42(33)38(30-15-8-5-9-16-30,31-17-10-6-11-18-31)32-19-12-7-13-20-32/h5-24H,1-4H3. The van der Waals surface area contributed by atoms with Gasteiger partial charge in [-0.1, -0.05) is 96.2 Å². The average Bonchev–Trinajstić information content (AvgIpc) is 3.58. The lowest BCUT2D eigenvalue weighted by Crippen LogP contribution is -2.38. The van der Waals surface area contributed by atoms with Gasteiger partial charge in [0.05, 0.1) is 16.9 Å². The molecule has 3 heterocycles. The zero-order valence-corrected chi connectivity index (χ0v) is 25.2. The fourth-order valence-electron chi connectivity index (χ4n) is 6.42. The Kier molecular flexibility index (Phi) is 6.82. The highest BCUT2D eigenvalue weighted by Gasteiger charge is 2.41. The SMILES string of the molecule is Cc1ncccc1Oc1cc(-c2c(C)noc2C)cc2c1nc(C)n2C(c1ccccc1)(c1ccccc1)c1ccccc1. The molecule has 0 saturated carbocycles. The molecule has 4 aromatic carbocycles. The number of hydrogen-bond donors (Lipinski definition) is 0. The van der Waals surface area contributed by atoms with Gasteiger partial charge in [-0.2, -0.15) is 0 Å². The number of rotatable bonds is 7. The van der Waals surface area contributed by atoms with E-state index in [1.165, 1.54) is 0 Å². The molecule has 7 rings (SSSR count). The van der Waals surface area contributed by atoms with Gasteiger partial charge in [-0.3, -0.25) is 4.98 Å². The number of aryl methyl sites for hydroxylation is 4. The minimum atomic E-state index is -0.749. The van der Waals surface area contributed by atoms with Crippen molar-refractivity contribution >= 4 is 11.0 Å². The fraction of sp³-hybridized carbons (Fsp3) is 0.132. The molecule has 44 heavy (non-hydrogen) atoms. The second kappa shape index (κ2) is 11.0. The molecule has 0 aliphatic rings. The Labute approximate surface area is 256 Å². The van der Waals surface area contributed by atoms with Crippen LogP contribution in [-0.2, 0) is 5.54 Å². The minimum Gasteiger partial charge on any atom is -0.453 e. The van der Waals surface area contributed by atoms with Gasteiger partial charge in [0, 0.05) is 11.8 Å². The minimum absolute atomic E-state index is 0.638. The third-order valence-corrected chi connectivity index (χ3v) is 8.30. The van der Waals surface area contributed by atoms with Crippen LogP contribution in [-0.4, -0.2) is 19.7 Å². The van der Waals surface area contributed by atoms with E-state index in [2.05, 4.69) is 119 Å². The van der Waals surface area contributed by atoms with Crippen molar-refractivity contribution in [2.24, 2.45) is 0 Å². The average molecular weight is 577 g/mol. The second-order valence-corrected chi connectivity index (χ2v) is 11.0. The first kappa shape index (κ1) is 27.3. The quantitative estimate of drug-likeness (QED) is 0.177. The molecule has 0 aliphatic heterocycles. The molecule has 0 unspecified atom stereocenters. The van der Waals surface area contributed by atoms with E-state index in [-0.39, 0.29) is 0 Å². The van der Waals surface area contributed by atoms with Gasteiger partial charge in [0.15, 0.2) is 5.75 Å². The predicted octanol–water partition coefficient (Wildman–Crippen LogP) is 8.95. The van der Waals surface area contributed by atoms with Gasteiger partial charge < -0.3 is 13.8 Å². The maximum atomic E-state index is 6.65. The number of fused-ring (bicyclic) bond motifs is 1. The largest absolute Gasteiger partial charge is 0.453 e. The van der Waals surface area contributed by atoms with E-state index in [9.17, 15) is 0 Å². The van der Waals surface area contributed by atoms with Crippen LogP contribution in [0.2, 0.25) is 0 Å². The number of aromatic nitrogens is 4. The van der Waals surface area contributed by atoms with Crippen LogP contribution in [0.3, 0.4) is 0 Å². The summed E-state index contributed by atoms with van der Waals surface area (Å²) >= 11 is 0. The number of benzene rings is 4. The molecular weight excluding hydrogens is 544 g/mol. The third kappa shape index (κ3) is 4.38. The van der Waals surface area contributed by atoms with Crippen molar-refractivity contribution in [1.29, 1.82) is 0 Å². The Morgan fingerprint density at radius 3 is 1.77 bits per heavy atom. The molecule has 216 valence electrons. The first-order chi connectivity index (χ1) is 21.5. The topological polar surface area (TPSA) is 66.0 Å². The van der Waals surface area contributed by atoms with E-state index in [1.807, 2.05) is 39.0 Å². The molecule has 0 atom stereocenters. The second-order valence-electron chi connectivity index (χ2n) is 11.0. The molecule has 0 N–H and O–H groups in total. The van der Waals surface area contributed by atoms with Crippen LogP contribution in [0.25, 0.3) is 22.2 Å². The van der Waals surface area contributed by atoms with Crippen LogP contribution >= 0.6 is 0 Å². The molecule has 0 aliphatic carbocycles. The summed E-state index contributed by atoms with van der Waals surface area (Å²) in [6.45, 7) is 7.92. The van der Waals surface area contributed by atoms with Crippen molar-refractivity contribution < 1.29 is 9.26 Å². The third-order valence-electron chi connectivity index (χ3n) is 8.30. The lowest BCUT2D eigenvalue weighted by molar-refractivity contribution is 0.393. The monoisotopic (exact) mass is 576 g/mol. The summed E-state index contributed by atoms with van der Waals surface area (Å²) in [6, 6.07) is 40.0. The van der Waals surface area contributed by atoms with Crippen LogP contribution in [0.4, 0.5) is 0 Å². The van der Waals surface area contributed by atoms with Crippen molar-refractivity contribution in [3.05, 3.63) is 161 Å². The normalized spacial score (nSPS) is 11.6. The molecule has 0 spiro atoms. The summed E-state index contributed by atoms with van der Waals surface area (Å²) in [4.78, 5) is 9.69. The van der Waals surface area contributed by atoms with Crippen LogP contribution in [0.15, 0.2) is 126 Å². The number of imidazole rings is 1. The highest BCUT2D eigenvalue weighted by molar-refractivity contribution is 5.90. The number of hydrogen-bond acceptors (Lipinski definition) is 5. The number of pyridine rings is 1. The van der Waals surface area contributed by atoms with Gasteiger partial charge in [0.25, 0.3) is 0 Å². The van der Waals surface area contributed by atoms with Gasteiger partial charge in [-0.25, -0.2) is 4.98 Å². The Balaban J connectivity index is 1.63. The summed E-state index contributed by atoms with van der Waals surface area (Å²) < 4.78 is 14.6. The molecular formula is C38H32N4O2. The van der Waals surface area contributed by atoms with E-state index >= 15 is 0 Å². The van der Waals surface area contributed by atoms with Gasteiger partial charge in [0.1, 0.15) is 28.4 Å². The highest BCUT2D eigenvalue weighted by Crippen LogP contribution is 2.46. The van der Waals surface area contributed by atoms with Gasteiger partial charge in [0.2, 0.25) is 0 Å². The van der Waals surface area contributed by atoms with Crippen LogP contribution in [0, 0.1) is 27.7 Å². The molecule has 7 aromatic rings. The summed E-state index contributed by atoms with van der Waals surface area (Å²) in [5, 5.41) is 4.27. The van der Waals surface area contributed by atoms with Crippen molar-refractivity contribution in [3.63, 3.8) is 0 Å². The van der Waals surface area contributed by atoms with Crippen LogP contribution < -0.4 is 4.74 Å². The first-order valence-corrected chi connectivity index (χ1v) is 14.7. The van der Waals surface area contributed by atoms with Gasteiger partial charge in [-0.05, 0) is 74.2 Å². The number of nitrogens with zero attached hydrogens (tertiary/aromatic N) is 4. The van der Waals surface area contributed by atoms with E-state index in [0.717, 1.165) is 61.8 Å². The maximum absolute atomic E-state index is 6.65. The first-order valence-electron chi connectivity index (χ1n) is 14.7. The van der Waals surface area contributed by atoms with E-state index in [4.69, 9.17) is 14.2 Å². The van der Waals surface area contributed by atoms with Crippen molar-refractivity contribution in [2.45, 2.75) is 33.2 Å². The molecule has 0 fully saturated rings. The molecule has 0 amide bonds. The zero-order chi connectivity index (χ0) is 30.3. The van der Waals surface area contributed by atoms with Crippen molar-refractivity contribution in [2.75, 3.05) is 0 Å². The summed E-state index contributed by atoms with van der Waals surface area (Å²) in [5.74, 6) is 2.91. The highest BCUT2D eigenvalue weighted by atomic mass is 16.5. The van der Waals surface area contributed by atoms with Crippen LogP contribution in [0.1, 0.15) is 39.7 Å². The molecule has 0 saturated heterocycles. The number of ether oxygens (including phenoxy) is 1. The summed E-state index contributed by atoms with van der Waals surface area (Å²) in [7, 11) is 0. The summed E-state index contributed by atoms with van der Waals surface area (Å²) in [6.07, 6.45) is 1.77. The predicted molar refractivity (Wildman–Crippen MR) is 173 cm³/mol. The van der Waals surface area contributed by atoms with Crippen LogP contribution in [0.5, 0.6) is 11.5 Å². The lowest BCUT2D eigenvalue weighted by Gasteiger charge is -2.39. The Hall–Kier alpha value is -5.49. The Bertz CT molecular complexity index is 1960. The maximum Gasteiger partial charge on any atom is 0.155 e. The lowest BCUT2D eigenvalue weighted by atomic mass is 9.76. The molecule has 0 radical (unpaired) electrons.